The maximum atomic E-state index is 10.6. The molecular weight excluding hydrogens is 288 g/mol. The van der Waals surface area contributed by atoms with Gasteiger partial charge >= 0.3 is 0 Å². The van der Waals surface area contributed by atoms with Crippen LogP contribution < -0.4 is 0 Å². The van der Waals surface area contributed by atoms with Crippen molar-refractivity contribution < 1.29 is 10.0 Å². The third-order valence-corrected chi connectivity index (χ3v) is 3.86. The summed E-state index contributed by atoms with van der Waals surface area (Å²) in [5, 5.41) is 22.8. The van der Waals surface area contributed by atoms with Crippen LogP contribution in [0.5, 0.6) is 5.75 Å². The molecule has 0 aliphatic carbocycles. The minimum atomic E-state index is -0.428. The zero-order valence-corrected chi connectivity index (χ0v) is 11.6. The van der Waals surface area contributed by atoms with Gasteiger partial charge in [0.05, 0.1) is 10.6 Å². The number of nitro benzene ring substituents is 1. The quantitative estimate of drug-likeness (QED) is 0.583. The average molecular weight is 298 g/mol. The van der Waals surface area contributed by atoms with Gasteiger partial charge in [0, 0.05) is 28.6 Å². The Hall–Kier alpha value is -2.73. The second kappa shape index (κ2) is 5.34. The van der Waals surface area contributed by atoms with Gasteiger partial charge in [-0.3, -0.25) is 10.1 Å². The molecule has 21 heavy (non-hydrogen) atoms. The van der Waals surface area contributed by atoms with E-state index in [0.717, 1.165) is 21.8 Å². The number of rotatable bonds is 3. The Bertz CT molecular complexity index is 797. The lowest BCUT2D eigenvalue weighted by atomic mass is 10.1. The largest absolute Gasteiger partial charge is 0.508 e. The Kier molecular flexibility index (Phi) is 3.37. The van der Waals surface area contributed by atoms with E-state index in [-0.39, 0.29) is 11.4 Å². The summed E-state index contributed by atoms with van der Waals surface area (Å²) in [4.78, 5) is 14.7. The van der Waals surface area contributed by atoms with Crippen LogP contribution in [-0.2, 0) is 0 Å². The van der Waals surface area contributed by atoms with Crippen LogP contribution in [0.4, 0.5) is 5.69 Å². The summed E-state index contributed by atoms with van der Waals surface area (Å²) >= 11 is 1.46. The van der Waals surface area contributed by atoms with E-state index >= 15 is 0 Å². The molecule has 3 rings (SSSR count). The van der Waals surface area contributed by atoms with Gasteiger partial charge in [0.15, 0.2) is 0 Å². The normalized spacial score (nSPS) is 10.5. The van der Waals surface area contributed by atoms with Crippen molar-refractivity contribution in [2.45, 2.75) is 0 Å². The van der Waals surface area contributed by atoms with Gasteiger partial charge in [-0.15, -0.1) is 11.3 Å². The predicted molar refractivity (Wildman–Crippen MR) is 81.3 cm³/mol. The molecule has 2 aromatic carbocycles. The van der Waals surface area contributed by atoms with Crippen molar-refractivity contribution in [2.24, 2.45) is 0 Å². The third kappa shape index (κ3) is 2.75. The Balaban J connectivity index is 1.93. The van der Waals surface area contributed by atoms with Crippen LogP contribution in [-0.4, -0.2) is 15.0 Å². The van der Waals surface area contributed by atoms with Gasteiger partial charge in [0.1, 0.15) is 10.8 Å². The number of hydrogen-bond acceptors (Lipinski definition) is 5. The summed E-state index contributed by atoms with van der Waals surface area (Å²) in [6, 6.07) is 13.2. The van der Waals surface area contributed by atoms with E-state index in [2.05, 4.69) is 4.98 Å². The first-order valence-corrected chi connectivity index (χ1v) is 7.01. The van der Waals surface area contributed by atoms with Crippen molar-refractivity contribution in [3.05, 3.63) is 64.0 Å². The number of aromatic nitrogens is 1. The van der Waals surface area contributed by atoms with Gasteiger partial charge in [-0.1, -0.05) is 12.1 Å². The first kappa shape index (κ1) is 13.3. The summed E-state index contributed by atoms with van der Waals surface area (Å²) in [5.74, 6) is 0.194. The van der Waals surface area contributed by atoms with Crippen molar-refractivity contribution >= 4 is 17.0 Å². The van der Waals surface area contributed by atoms with Crippen molar-refractivity contribution in [2.75, 3.05) is 0 Å². The van der Waals surface area contributed by atoms with Gasteiger partial charge in [-0.2, -0.15) is 0 Å². The number of phenols is 1. The van der Waals surface area contributed by atoms with E-state index in [1.54, 1.807) is 30.3 Å². The van der Waals surface area contributed by atoms with Gasteiger partial charge in [0.25, 0.3) is 5.69 Å². The van der Waals surface area contributed by atoms with Crippen LogP contribution in [0.2, 0.25) is 0 Å². The molecule has 0 fully saturated rings. The van der Waals surface area contributed by atoms with Crippen LogP contribution in [0, 0.1) is 10.1 Å². The SMILES string of the molecule is O=[N+]([O-])c1ccc(-c2csc(-c3cccc(O)c3)n2)cc1. The molecule has 0 saturated heterocycles. The molecule has 0 radical (unpaired) electrons. The molecule has 0 aliphatic rings. The summed E-state index contributed by atoms with van der Waals surface area (Å²) < 4.78 is 0. The first-order chi connectivity index (χ1) is 10.1. The minimum absolute atomic E-state index is 0.0576. The van der Waals surface area contributed by atoms with Crippen LogP contribution in [0.1, 0.15) is 0 Å². The number of aromatic hydroxyl groups is 1. The number of nitro groups is 1. The molecule has 5 nitrogen and oxygen atoms in total. The van der Waals surface area contributed by atoms with E-state index in [1.165, 1.54) is 23.5 Å². The zero-order chi connectivity index (χ0) is 14.8. The molecule has 1 heterocycles. The fraction of sp³-hybridized carbons (Fsp3) is 0. The smallest absolute Gasteiger partial charge is 0.269 e. The van der Waals surface area contributed by atoms with Gasteiger partial charge < -0.3 is 5.11 Å². The fourth-order valence-corrected chi connectivity index (χ4v) is 2.76. The molecule has 0 aliphatic heterocycles. The van der Waals surface area contributed by atoms with E-state index < -0.39 is 4.92 Å². The van der Waals surface area contributed by atoms with Crippen molar-refractivity contribution in [1.82, 2.24) is 4.98 Å². The second-order valence-electron chi connectivity index (χ2n) is 4.39. The van der Waals surface area contributed by atoms with Crippen LogP contribution in [0.3, 0.4) is 0 Å². The zero-order valence-electron chi connectivity index (χ0n) is 10.8. The number of non-ortho nitro benzene ring substituents is 1. The maximum absolute atomic E-state index is 10.6. The van der Waals surface area contributed by atoms with E-state index in [1.807, 2.05) is 11.4 Å². The molecule has 0 atom stereocenters. The lowest BCUT2D eigenvalue weighted by Gasteiger charge is -1.98. The summed E-state index contributed by atoms with van der Waals surface area (Å²) in [5.41, 5.74) is 2.48. The van der Waals surface area contributed by atoms with Gasteiger partial charge in [-0.05, 0) is 24.3 Å². The highest BCUT2D eigenvalue weighted by Crippen LogP contribution is 2.30. The highest BCUT2D eigenvalue weighted by Gasteiger charge is 2.09. The number of hydrogen-bond donors (Lipinski definition) is 1. The van der Waals surface area contributed by atoms with Crippen molar-refractivity contribution in [3.63, 3.8) is 0 Å². The standard InChI is InChI=1S/C15H10N2O3S/c18-13-3-1-2-11(8-13)15-16-14(9-21-15)10-4-6-12(7-5-10)17(19)20/h1-9,18H. The predicted octanol–water partition coefficient (Wildman–Crippen LogP) is 4.09. The molecule has 0 bridgehead atoms. The Morgan fingerprint density at radius 3 is 2.52 bits per heavy atom. The van der Waals surface area contributed by atoms with Crippen LogP contribution in [0.15, 0.2) is 53.9 Å². The average Bonchev–Trinajstić information content (AvgIpc) is 2.97. The molecule has 0 saturated carbocycles. The van der Waals surface area contributed by atoms with Gasteiger partial charge in [0.2, 0.25) is 0 Å². The van der Waals surface area contributed by atoms with Crippen molar-refractivity contribution in [1.29, 1.82) is 0 Å². The molecule has 1 N–H and O–H groups in total. The highest BCUT2D eigenvalue weighted by molar-refractivity contribution is 7.13. The fourth-order valence-electron chi connectivity index (χ4n) is 1.93. The summed E-state index contributed by atoms with van der Waals surface area (Å²) in [7, 11) is 0. The third-order valence-electron chi connectivity index (χ3n) is 2.97. The Morgan fingerprint density at radius 1 is 1.10 bits per heavy atom. The van der Waals surface area contributed by atoms with Crippen molar-refractivity contribution in [3.8, 4) is 27.6 Å². The number of nitrogens with zero attached hydrogens (tertiary/aromatic N) is 2. The Morgan fingerprint density at radius 2 is 1.86 bits per heavy atom. The highest BCUT2D eigenvalue weighted by atomic mass is 32.1. The molecule has 1 aromatic heterocycles. The lowest BCUT2D eigenvalue weighted by molar-refractivity contribution is -0.384. The van der Waals surface area contributed by atoms with E-state index in [0.29, 0.717) is 0 Å². The molecule has 104 valence electrons. The molecular formula is C15H10N2O3S. The van der Waals surface area contributed by atoms with Gasteiger partial charge in [-0.25, -0.2) is 4.98 Å². The molecule has 0 amide bonds. The molecule has 3 aromatic rings. The summed E-state index contributed by atoms with van der Waals surface area (Å²) in [6.45, 7) is 0. The monoisotopic (exact) mass is 298 g/mol. The number of phenolic OH excluding ortho intramolecular Hbond substituents is 1. The number of thiazole rings is 1. The molecule has 0 spiro atoms. The van der Waals surface area contributed by atoms with Crippen LogP contribution in [0.25, 0.3) is 21.8 Å². The second-order valence-corrected chi connectivity index (χ2v) is 5.25. The minimum Gasteiger partial charge on any atom is -0.508 e. The maximum Gasteiger partial charge on any atom is 0.269 e. The lowest BCUT2D eigenvalue weighted by Crippen LogP contribution is -1.87. The molecule has 6 heteroatoms. The number of benzene rings is 2. The van der Waals surface area contributed by atoms with Crippen LogP contribution >= 0.6 is 11.3 Å². The Labute approximate surface area is 124 Å². The molecule has 0 unspecified atom stereocenters. The topological polar surface area (TPSA) is 76.3 Å². The van der Waals surface area contributed by atoms with E-state index in [9.17, 15) is 15.2 Å². The van der Waals surface area contributed by atoms with E-state index in [4.69, 9.17) is 0 Å². The summed E-state index contributed by atoms with van der Waals surface area (Å²) in [6.07, 6.45) is 0. The first-order valence-electron chi connectivity index (χ1n) is 6.13.